The molecule has 0 fully saturated rings. The van der Waals surface area contributed by atoms with Gasteiger partial charge in [-0.1, -0.05) is 29.3 Å². The largest absolute Gasteiger partial charge is 0.465 e. The van der Waals surface area contributed by atoms with E-state index in [0.29, 0.717) is 15.6 Å². The lowest BCUT2D eigenvalue weighted by atomic mass is 10.2. The monoisotopic (exact) mass is 315 g/mol. The molecule has 6 heteroatoms. The van der Waals surface area contributed by atoms with Crippen LogP contribution in [-0.2, 0) is 14.3 Å². The maximum absolute atomic E-state index is 11.8. The van der Waals surface area contributed by atoms with Gasteiger partial charge in [0.25, 0.3) is 0 Å². The first-order valence-electron chi connectivity index (χ1n) is 5.98. The highest BCUT2D eigenvalue weighted by Crippen LogP contribution is 2.25. The molecule has 1 rings (SSSR count). The molecule has 108 valence electrons. The smallest absolute Gasteiger partial charge is 0.325 e. The van der Waals surface area contributed by atoms with Crippen molar-refractivity contribution in [1.82, 2.24) is 4.90 Å². The van der Waals surface area contributed by atoms with E-state index < -0.39 is 5.97 Å². The van der Waals surface area contributed by atoms with Gasteiger partial charge in [0.2, 0.25) is 5.91 Å². The van der Waals surface area contributed by atoms with Crippen LogP contribution in [0.1, 0.15) is 12.5 Å². The van der Waals surface area contributed by atoms with Crippen molar-refractivity contribution in [3.63, 3.8) is 0 Å². The van der Waals surface area contributed by atoms with E-state index in [-0.39, 0.29) is 19.1 Å². The van der Waals surface area contributed by atoms with Crippen LogP contribution >= 0.6 is 23.2 Å². The number of esters is 1. The number of hydrogen-bond donors (Lipinski definition) is 0. The average molecular weight is 316 g/mol. The summed E-state index contributed by atoms with van der Waals surface area (Å²) in [6.07, 6.45) is 2.83. The highest BCUT2D eigenvalue weighted by Gasteiger charge is 2.11. The van der Waals surface area contributed by atoms with E-state index in [0.717, 1.165) is 0 Å². The summed E-state index contributed by atoms with van der Waals surface area (Å²) < 4.78 is 4.76. The Balaban J connectivity index is 2.70. The number of nitrogens with zero attached hydrogens (tertiary/aromatic N) is 1. The molecular weight excluding hydrogens is 301 g/mol. The highest BCUT2D eigenvalue weighted by molar-refractivity contribution is 6.37. The van der Waals surface area contributed by atoms with Crippen LogP contribution in [0.15, 0.2) is 24.3 Å². The van der Waals surface area contributed by atoms with Crippen LogP contribution < -0.4 is 0 Å². The number of amides is 1. The van der Waals surface area contributed by atoms with Gasteiger partial charge in [-0.05, 0) is 25.1 Å². The van der Waals surface area contributed by atoms with Gasteiger partial charge in [0.05, 0.1) is 6.61 Å². The van der Waals surface area contributed by atoms with Crippen molar-refractivity contribution in [3.8, 4) is 0 Å². The summed E-state index contributed by atoms with van der Waals surface area (Å²) >= 11 is 12.0. The number of carbonyl (C=O) groups is 2. The molecule has 0 aliphatic rings. The fourth-order valence-electron chi connectivity index (χ4n) is 1.43. The Kier molecular flexibility index (Phi) is 6.55. The Hall–Kier alpha value is -1.52. The molecule has 0 spiro atoms. The lowest BCUT2D eigenvalue weighted by Crippen LogP contribution is -2.31. The van der Waals surface area contributed by atoms with E-state index in [1.165, 1.54) is 24.1 Å². The van der Waals surface area contributed by atoms with Crippen LogP contribution in [0.4, 0.5) is 0 Å². The van der Waals surface area contributed by atoms with Crippen molar-refractivity contribution in [3.05, 3.63) is 39.9 Å². The normalized spacial score (nSPS) is 10.6. The molecule has 0 aromatic heterocycles. The zero-order chi connectivity index (χ0) is 15.1. The molecule has 0 unspecified atom stereocenters. The number of rotatable bonds is 5. The zero-order valence-corrected chi connectivity index (χ0v) is 12.7. The summed E-state index contributed by atoms with van der Waals surface area (Å²) in [5.74, 6) is -0.790. The molecule has 0 atom stereocenters. The first-order valence-corrected chi connectivity index (χ1v) is 6.74. The molecule has 0 saturated heterocycles. The quantitative estimate of drug-likeness (QED) is 0.620. The topological polar surface area (TPSA) is 46.6 Å². The molecule has 0 saturated carbocycles. The maximum atomic E-state index is 11.8. The number of ether oxygens (including phenoxy) is 1. The van der Waals surface area contributed by atoms with Crippen molar-refractivity contribution in [2.75, 3.05) is 20.2 Å². The second kappa shape index (κ2) is 7.92. The van der Waals surface area contributed by atoms with E-state index in [1.807, 2.05) is 0 Å². The van der Waals surface area contributed by atoms with Gasteiger partial charge in [0.1, 0.15) is 6.54 Å². The van der Waals surface area contributed by atoms with Crippen LogP contribution in [0.2, 0.25) is 10.0 Å². The molecule has 0 aliphatic heterocycles. The third-order valence-corrected chi connectivity index (χ3v) is 3.10. The lowest BCUT2D eigenvalue weighted by molar-refractivity contribution is -0.146. The first-order chi connectivity index (χ1) is 9.45. The minimum absolute atomic E-state index is 0.104. The van der Waals surface area contributed by atoms with Gasteiger partial charge in [-0.25, -0.2) is 0 Å². The van der Waals surface area contributed by atoms with Crippen molar-refractivity contribution >= 4 is 41.2 Å². The van der Waals surface area contributed by atoms with Crippen molar-refractivity contribution in [1.29, 1.82) is 0 Å². The van der Waals surface area contributed by atoms with E-state index in [4.69, 9.17) is 27.9 Å². The average Bonchev–Trinajstić information content (AvgIpc) is 2.38. The highest BCUT2D eigenvalue weighted by atomic mass is 35.5. The lowest BCUT2D eigenvalue weighted by Gasteiger charge is -2.13. The van der Waals surface area contributed by atoms with Crippen LogP contribution in [0.5, 0.6) is 0 Å². The maximum Gasteiger partial charge on any atom is 0.325 e. The Morgan fingerprint density at radius 2 is 1.90 bits per heavy atom. The SMILES string of the molecule is CCOC(=O)CN(C)C(=O)C=Cc1c(Cl)cccc1Cl. The van der Waals surface area contributed by atoms with Gasteiger partial charge < -0.3 is 9.64 Å². The van der Waals surface area contributed by atoms with Gasteiger partial charge in [0, 0.05) is 28.7 Å². The molecule has 20 heavy (non-hydrogen) atoms. The van der Waals surface area contributed by atoms with Gasteiger partial charge >= 0.3 is 5.97 Å². The van der Waals surface area contributed by atoms with Gasteiger partial charge in [-0.15, -0.1) is 0 Å². The molecular formula is C14H15Cl2NO3. The summed E-state index contributed by atoms with van der Waals surface area (Å²) in [6, 6.07) is 5.08. The number of benzene rings is 1. The van der Waals surface area contributed by atoms with Crippen LogP contribution in [0.3, 0.4) is 0 Å². The standard InChI is InChI=1S/C14H15Cl2NO3/c1-3-20-14(19)9-17(2)13(18)8-7-10-11(15)5-4-6-12(10)16/h4-8H,3,9H2,1-2H3. The second-order valence-electron chi connectivity index (χ2n) is 3.97. The molecule has 1 aromatic rings. The van der Waals surface area contributed by atoms with E-state index in [2.05, 4.69) is 0 Å². The minimum Gasteiger partial charge on any atom is -0.465 e. The Labute approximate surface area is 127 Å². The van der Waals surface area contributed by atoms with Crippen molar-refractivity contribution < 1.29 is 14.3 Å². The Bertz CT molecular complexity index is 509. The van der Waals surface area contributed by atoms with Gasteiger partial charge in [0.15, 0.2) is 0 Å². The molecule has 0 bridgehead atoms. The Morgan fingerprint density at radius 3 is 2.45 bits per heavy atom. The predicted octanol–water partition coefficient (Wildman–Crippen LogP) is 3.03. The number of carbonyl (C=O) groups excluding carboxylic acids is 2. The number of likely N-dealkylation sites (N-methyl/N-ethyl adjacent to an activating group) is 1. The number of halogens is 2. The fraction of sp³-hybridized carbons (Fsp3) is 0.286. The van der Waals surface area contributed by atoms with Gasteiger partial charge in [-0.2, -0.15) is 0 Å². The van der Waals surface area contributed by atoms with Crippen LogP contribution in [-0.4, -0.2) is 37.0 Å². The minimum atomic E-state index is -0.451. The summed E-state index contributed by atoms with van der Waals surface area (Å²) in [7, 11) is 1.51. The second-order valence-corrected chi connectivity index (χ2v) is 4.78. The van der Waals surface area contributed by atoms with Gasteiger partial charge in [-0.3, -0.25) is 9.59 Å². The van der Waals surface area contributed by atoms with E-state index in [1.54, 1.807) is 25.1 Å². The third-order valence-electron chi connectivity index (χ3n) is 2.44. The Morgan fingerprint density at radius 1 is 1.30 bits per heavy atom. The molecule has 4 nitrogen and oxygen atoms in total. The zero-order valence-electron chi connectivity index (χ0n) is 11.2. The third kappa shape index (κ3) is 4.87. The molecule has 0 N–H and O–H groups in total. The van der Waals surface area contributed by atoms with Crippen molar-refractivity contribution in [2.24, 2.45) is 0 Å². The molecule has 0 aliphatic carbocycles. The van der Waals surface area contributed by atoms with E-state index >= 15 is 0 Å². The molecule has 1 amide bonds. The summed E-state index contributed by atoms with van der Waals surface area (Å²) in [5.41, 5.74) is 0.564. The summed E-state index contributed by atoms with van der Waals surface area (Å²) in [6.45, 7) is 1.89. The summed E-state index contributed by atoms with van der Waals surface area (Å²) in [4.78, 5) is 24.3. The van der Waals surface area contributed by atoms with Crippen LogP contribution in [0, 0.1) is 0 Å². The first kappa shape index (κ1) is 16.5. The molecule has 0 radical (unpaired) electrons. The predicted molar refractivity (Wildman–Crippen MR) is 79.8 cm³/mol. The van der Waals surface area contributed by atoms with Crippen LogP contribution in [0.25, 0.3) is 6.08 Å². The number of hydrogen-bond acceptors (Lipinski definition) is 3. The van der Waals surface area contributed by atoms with Crippen molar-refractivity contribution in [2.45, 2.75) is 6.92 Å². The fourth-order valence-corrected chi connectivity index (χ4v) is 1.95. The summed E-state index contributed by atoms with van der Waals surface area (Å²) in [5, 5.41) is 0.907. The van der Waals surface area contributed by atoms with E-state index in [9.17, 15) is 9.59 Å². The molecule has 1 aromatic carbocycles. The molecule has 0 heterocycles.